The van der Waals surface area contributed by atoms with Gasteiger partial charge in [0.05, 0.1) is 30.1 Å². The van der Waals surface area contributed by atoms with Crippen molar-refractivity contribution in [1.82, 2.24) is 9.47 Å². The summed E-state index contributed by atoms with van der Waals surface area (Å²) in [6.45, 7) is 2.41. The Hall–Kier alpha value is -4.03. The second-order valence-corrected chi connectivity index (χ2v) is 8.62. The van der Waals surface area contributed by atoms with Gasteiger partial charge in [0.15, 0.2) is 0 Å². The van der Waals surface area contributed by atoms with Crippen LogP contribution in [0.5, 0.6) is 0 Å². The Morgan fingerprint density at radius 1 is 1.00 bits per heavy atom. The van der Waals surface area contributed by atoms with E-state index in [-0.39, 0.29) is 12.6 Å². The highest BCUT2D eigenvalue weighted by atomic mass is 35.5. The Labute approximate surface area is 208 Å². The molecule has 4 aromatic rings. The van der Waals surface area contributed by atoms with E-state index >= 15 is 0 Å². The molecule has 2 heterocycles. The smallest absolute Gasteiger partial charge is 0.338 e. The number of para-hydroxylation sites is 1. The third kappa shape index (κ3) is 4.40. The van der Waals surface area contributed by atoms with Gasteiger partial charge in [0.25, 0.3) is 0 Å². The lowest BCUT2D eigenvalue weighted by atomic mass is 10.0. The van der Waals surface area contributed by atoms with Crippen molar-refractivity contribution in [3.05, 3.63) is 119 Å². The fourth-order valence-electron chi connectivity index (χ4n) is 4.50. The molecule has 1 aliphatic heterocycles. The number of fused-ring (bicyclic) bond motifs is 3. The summed E-state index contributed by atoms with van der Waals surface area (Å²) in [5.74, 6) is -0.431. The molecule has 1 atom stereocenters. The van der Waals surface area contributed by atoms with Crippen LogP contribution in [0.1, 0.15) is 40.1 Å². The van der Waals surface area contributed by atoms with E-state index in [9.17, 15) is 9.59 Å². The summed E-state index contributed by atoms with van der Waals surface area (Å²) >= 11 is 6.65. The lowest BCUT2D eigenvalue weighted by Gasteiger charge is -2.31. The first-order valence-electron chi connectivity index (χ1n) is 11.4. The zero-order valence-corrected chi connectivity index (χ0v) is 19.9. The number of esters is 1. The normalized spacial score (nSPS) is 14.5. The molecule has 1 aromatic heterocycles. The van der Waals surface area contributed by atoms with Gasteiger partial charge in [-0.3, -0.25) is 0 Å². The van der Waals surface area contributed by atoms with E-state index in [0.29, 0.717) is 22.8 Å². The molecule has 0 bridgehead atoms. The number of rotatable bonds is 4. The minimum atomic E-state index is -0.431. The van der Waals surface area contributed by atoms with Gasteiger partial charge in [0, 0.05) is 16.9 Å². The maximum absolute atomic E-state index is 13.8. The highest BCUT2D eigenvalue weighted by Crippen LogP contribution is 2.39. The molecule has 35 heavy (non-hydrogen) atoms. The minimum Gasteiger partial charge on any atom is -0.462 e. The Morgan fingerprint density at radius 3 is 2.63 bits per heavy atom. The van der Waals surface area contributed by atoms with E-state index in [1.54, 1.807) is 36.1 Å². The molecular weight excluding hydrogens is 462 g/mol. The topological polar surface area (TPSA) is 63.6 Å². The molecule has 0 saturated carbocycles. The van der Waals surface area contributed by atoms with Crippen molar-refractivity contribution in [2.24, 2.45) is 0 Å². The first-order chi connectivity index (χ1) is 17.1. The van der Waals surface area contributed by atoms with Crippen LogP contribution in [-0.2, 0) is 11.3 Å². The molecule has 5 rings (SSSR count). The predicted molar refractivity (Wildman–Crippen MR) is 136 cm³/mol. The van der Waals surface area contributed by atoms with Crippen LogP contribution in [0.2, 0.25) is 5.02 Å². The molecule has 1 aliphatic rings. The van der Waals surface area contributed by atoms with E-state index in [1.807, 2.05) is 66.9 Å². The Bertz CT molecular complexity index is 1400. The molecule has 0 unspecified atom stereocenters. The number of anilines is 1. The van der Waals surface area contributed by atoms with Crippen molar-refractivity contribution < 1.29 is 14.3 Å². The zero-order valence-electron chi connectivity index (χ0n) is 19.1. The van der Waals surface area contributed by atoms with Gasteiger partial charge < -0.3 is 19.5 Å². The van der Waals surface area contributed by atoms with Gasteiger partial charge in [-0.25, -0.2) is 9.59 Å². The number of amides is 2. The van der Waals surface area contributed by atoms with E-state index in [2.05, 4.69) is 9.88 Å². The number of nitrogens with zero attached hydrogens (tertiary/aromatic N) is 2. The number of aromatic nitrogens is 1. The molecule has 2 amide bonds. The van der Waals surface area contributed by atoms with Gasteiger partial charge in [-0.1, -0.05) is 54.1 Å². The number of urea groups is 1. The quantitative estimate of drug-likeness (QED) is 0.338. The summed E-state index contributed by atoms with van der Waals surface area (Å²) in [6.07, 6.45) is 2.00. The van der Waals surface area contributed by atoms with Gasteiger partial charge in [-0.05, 0) is 60.5 Å². The third-order valence-electron chi connectivity index (χ3n) is 6.05. The van der Waals surface area contributed by atoms with Crippen LogP contribution in [0.15, 0.2) is 91.1 Å². The monoisotopic (exact) mass is 485 g/mol. The number of hydrogen-bond acceptors (Lipinski definition) is 3. The second kappa shape index (κ2) is 9.68. The van der Waals surface area contributed by atoms with Crippen molar-refractivity contribution in [2.45, 2.75) is 19.5 Å². The summed E-state index contributed by atoms with van der Waals surface area (Å²) in [6, 6.07) is 25.6. The van der Waals surface area contributed by atoms with Gasteiger partial charge >= 0.3 is 12.0 Å². The lowest BCUT2D eigenvalue weighted by Crippen LogP contribution is -2.38. The van der Waals surface area contributed by atoms with Gasteiger partial charge in [-0.2, -0.15) is 0 Å². The standard InChI is InChI=1S/C28H24ClN3O3/c1-2-35-27(33)19-10-7-11-21(17-19)30-28(34)32-18-20-9-3-6-14-24(20)31-16-8-15-25(31)26(32)22-12-4-5-13-23(22)29/h3-17,26H,2,18H2,1H3,(H,30,34)/t26-/m1/s1. The minimum absolute atomic E-state index is 0.280. The molecule has 0 fully saturated rings. The summed E-state index contributed by atoms with van der Waals surface area (Å²) in [4.78, 5) is 27.8. The number of carbonyl (C=O) groups excluding carboxylic acids is 2. The van der Waals surface area contributed by atoms with E-state index in [0.717, 1.165) is 22.5 Å². The maximum Gasteiger partial charge on any atom is 0.338 e. The van der Waals surface area contributed by atoms with Gasteiger partial charge in [0.1, 0.15) is 6.04 Å². The summed E-state index contributed by atoms with van der Waals surface area (Å²) in [7, 11) is 0. The second-order valence-electron chi connectivity index (χ2n) is 8.22. The molecule has 1 N–H and O–H groups in total. The van der Waals surface area contributed by atoms with Crippen molar-refractivity contribution in [3.63, 3.8) is 0 Å². The van der Waals surface area contributed by atoms with Crippen LogP contribution in [0.4, 0.5) is 10.5 Å². The predicted octanol–water partition coefficient (Wildman–Crippen LogP) is 6.44. The Morgan fingerprint density at radius 2 is 1.80 bits per heavy atom. The first kappa shape index (κ1) is 22.7. The SMILES string of the molecule is CCOC(=O)c1cccc(NC(=O)N2Cc3ccccc3-n3cccc3[C@H]2c2ccccc2Cl)c1. The molecule has 7 heteroatoms. The molecule has 0 spiro atoms. The van der Waals surface area contributed by atoms with Crippen LogP contribution in [0, 0.1) is 0 Å². The van der Waals surface area contributed by atoms with Crippen molar-refractivity contribution in [1.29, 1.82) is 0 Å². The number of hydrogen-bond donors (Lipinski definition) is 1. The number of benzene rings is 3. The Kier molecular flexibility index (Phi) is 6.29. The summed E-state index contributed by atoms with van der Waals surface area (Å²) in [5.41, 5.74) is 4.67. The van der Waals surface area contributed by atoms with Crippen LogP contribution in [0.3, 0.4) is 0 Å². The van der Waals surface area contributed by atoms with E-state index < -0.39 is 12.0 Å². The van der Waals surface area contributed by atoms with Gasteiger partial charge in [0.2, 0.25) is 0 Å². The van der Waals surface area contributed by atoms with Crippen LogP contribution >= 0.6 is 11.6 Å². The van der Waals surface area contributed by atoms with E-state index in [1.165, 1.54) is 0 Å². The number of nitrogens with one attached hydrogen (secondary N) is 1. The van der Waals surface area contributed by atoms with Crippen molar-refractivity contribution in [3.8, 4) is 5.69 Å². The summed E-state index contributed by atoms with van der Waals surface area (Å²) in [5, 5.41) is 3.56. The fraction of sp³-hybridized carbons (Fsp3) is 0.143. The molecule has 6 nitrogen and oxygen atoms in total. The van der Waals surface area contributed by atoms with Gasteiger partial charge in [-0.15, -0.1) is 0 Å². The van der Waals surface area contributed by atoms with Crippen LogP contribution < -0.4 is 5.32 Å². The van der Waals surface area contributed by atoms with Crippen molar-refractivity contribution >= 4 is 29.3 Å². The molecular formula is C28H24ClN3O3. The molecule has 3 aromatic carbocycles. The number of carbonyl (C=O) groups is 2. The highest BCUT2D eigenvalue weighted by molar-refractivity contribution is 6.31. The molecule has 0 aliphatic carbocycles. The Balaban J connectivity index is 1.57. The number of ether oxygens (including phenoxy) is 1. The largest absolute Gasteiger partial charge is 0.462 e. The zero-order chi connectivity index (χ0) is 24.4. The van der Waals surface area contributed by atoms with Crippen LogP contribution in [0.25, 0.3) is 5.69 Å². The average Bonchev–Trinajstić information content (AvgIpc) is 3.29. The molecule has 0 saturated heterocycles. The average molecular weight is 486 g/mol. The fourth-order valence-corrected chi connectivity index (χ4v) is 4.74. The molecule has 0 radical (unpaired) electrons. The third-order valence-corrected chi connectivity index (χ3v) is 6.39. The van der Waals surface area contributed by atoms with Crippen molar-refractivity contribution in [2.75, 3.05) is 11.9 Å². The highest BCUT2D eigenvalue weighted by Gasteiger charge is 2.34. The summed E-state index contributed by atoms with van der Waals surface area (Å²) < 4.78 is 7.21. The lowest BCUT2D eigenvalue weighted by molar-refractivity contribution is 0.0526. The maximum atomic E-state index is 13.8. The number of halogens is 1. The van der Waals surface area contributed by atoms with E-state index in [4.69, 9.17) is 16.3 Å². The molecule has 176 valence electrons. The first-order valence-corrected chi connectivity index (χ1v) is 11.8. The van der Waals surface area contributed by atoms with Crippen LogP contribution in [-0.4, -0.2) is 28.1 Å².